The normalized spacial score (nSPS) is 23.9. The fourth-order valence-corrected chi connectivity index (χ4v) is 1.42. The summed E-state index contributed by atoms with van der Waals surface area (Å²) in [5.74, 6) is -1.97. The highest BCUT2D eigenvalue weighted by Crippen LogP contribution is 2.42. The van der Waals surface area contributed by atoms with Crippen LogP contribution in [0.2, 0.25) is 0 Å². The van der Waals surface area contributed by atoms with Gasteiger partial charge >= 0.3 is 5.69 Å². The first-order valence-corrected chi connectivity index (χ1v) is 4.22. The molecule has 0 radical (unpaired) electrons. The number of rotatable bonds is 2. The average Bonchev–Trinajstić information content (AvgIpc) is 2.83. The molecule has 6 heteroatoms. The second-order valence-electron chi connectivity index (χ2n) is 3.53. The predicted octanol–water partition coefficient (Wildman–Crippen LogP) is 2.12. The number of hydrogen-bond acceptors (Lipinski definition) is 3. The Morgan fingerprint density at radius 3 is 2.60 bits per heavy atom. The number of epoxide rings is 1. The van der Waals surface area contributed by atoms with Crippen molar-refractivity contribution in [3.8, 4) is 0 Å². The van der Waals surface area contributed by atoms with Gasteiger partial charge in [0.1, 0.15) is 11.4 Å². The van der Waals surface area contributed by atoms with Gasteiger partial charge in [-0.05, 0) is 13.0 Å². The van der Waals surface area contributed by atoms with E-state index in [-0.39, 0.29) is 12.2 Å². The Kier molecular flexibility index (Phi) is 1.97. The third-order valence-corrected chi connectivity index (χ3v) is 2.37. The van der Waals surface area contributed by atoms with E-state index in [0.717, 1.165) is 12.1 Å². The standard InChI is InChI=1S/C9H7F2NO3/c1-9(4-15-9)7-5(10)2-3-6(8(7)11)12(13)14/h2-3H,4H2,1H3. The maximum Gasteiger partial charge on any atom is 0.305 e. The van der Waals surface area contributed by atoms with E-state index in [0.29, 0.717) is 0 Å². The van der Waals surface area contributed by atoms with Crippen LogP contribution < -0.4 is 0 Å². The van der Waals surface area contributed by atoms with Crippen molar-refractivity contribution in [2.24, 2.45) is 0 Å². The Balaban J connectivity index is 2.62. The van der Waals surface area contributed by atoms with Crippen LogP contribution >= 0.6 is 0 Å². The van der Waals surface area contributed by atoms with E-state index >= 15 is 0 Å². The van der Waals surface area contributed by atoms with Gasteiger partial charge in [0.05, 0.1) is 17.1 Å². The van der Waals surface area contributed by atoms with Crippen molar-refractivity contribution in [2.45, 2.75) is 12.5 Å². The Morgan fingerprint density at radius 2 is 2.13 bits per heavy atom. The highest BCUT2D eigenvalue weighted by Gasteiger charge is 2.47. The summed E-state index contributed by atoms with van der Waals surface area (Å²) in [5, 5.41) is 10.4. The Bertz CT molecular complexity index is 443. The van der Waals surface area contributed by atoms with Crippen molar-refractivity contribution in [3.63, 3.8) is 0 Å². The van der Waals surface area contributed by atoms with Crippen molar-refractivity contribution in [3.05, 3.63) is 39.4 Å². The molecule has 1 fully saturated rings. The Labute approximate surface area is 83.6 Å². The molecule has 80 valence electrons. The van der Waals surface area contributed by atoms with Gasteiger partial charge in [-0.1, -0.05) is 0 Å². The molecule has 1 saturated heterocycles. The molecule has 0 N–H and O–H groups in total. The third-order valence-electron chi connectivity index (χ3n) is 2.37. The van der Waals surface area contributed by atoms with E-state index in [4.69, 9.17) is 4.74 Å². The van der Waals surface area contributed by atoms with Gasteiger partial charge in [0.25, 0.3) is 0 Å². The van der Waals surface area contributed by atoms with Crippen LogP contribution in [0.5, 0.6) is 0 Å². The van der Waals surface area contributed by atoms with Crippen molar-refractivity contribution >= 4 is 5.69 Å². The first-order valence-electron chi connectivity index (χ1n) is 4.22. The molecule has 0 bridgehead atoms. The van der Waals surface area contributed by atoms with E-state index in [1.54, 1.807) is 0 Å². The van der Waals surface area contributed by atoms with Crippen LogP contribution in [0.3, 0.4) is 0 Å². The molecule has 0 spiro atoms. The Hall–Kier alpha value is -1.56. The second-order valence-corrected chi connectivity index (χ2v) is 3.53. The average molecular weight is 215 g/mol. The fourth-order valence-electron chi connectivity index (χ4n) is 1.42. The van der Waals surface area contributed by atoms with Crippen molar-refractivity contribution in [2.75, 3.05) is 6.61 Å². The van der Waals surface area contributed by atoms with Crippen LogP contribution in [-0.2, 0) is 10.3 Å². The maximum atomic E-state index is 13.6. The van der Waals surface area contributed by atoms with E-state index in [1.165, 1.54) is 6.92 Å². The molecule has 2 rings (SSSR count). The molecule has 15 heavy (non-hydrogen) atoms. The molecular formula is C9H7F2NO3. The number of halogens is 2. The quantitative estimate of drug-likeness (QED) is 0.431. The van der Waals surface area contributed by atoms with Crippen LogP contribution in [0.15, 0.2) is 12.1 Å². The van der Waals surface area contributed by atoms with E-state index < -0.39 is 27.8 Å². The van der Waals surface area contributed by atoms with Gasteiger partial charge in [-0.3, -0.25) is 10.1 Å². The number of nitrogens with zero attached hydrogens (tertiary/aromatic N) is 1. The van der Waals surface area contributed by atoms with Gasteiger partial charge in [-0.25, -0.2) is 4.39 Å². The molecule has 1 atom stereocenters. The SMILES string of the molecule is CC1(c2c(F)ccc([N+](=O)[O-])c2F)CO1. The fraction of sp³-hybridized carbons (Fsp3) is 0.333. The molecular weight excluding hydrogens is 208 g/mol. The first-order chi connectivity index (χ1) is 6.96. The highest BCUT2D eigenvalue weighted by atomic mass is 19.1. The lowest BCUT2D eigenvalue weighted by atomic mass is 10.00. The van der Waals surface area contributed by atoms with Crippen LogP contribution in [-0.4, -0.2) is 11.5 Å². The minimum Gasteiger partial charge on any atom is -0.365 e. The van der Waals surface area contributed by atoms with E-state index in [1.807, 2.05) is 0 Å². The zero-order valence-corrected chi connectivity index (χ0v) is 7.79. The molecule has 4 nitrogen and oxygen atoms in total. The molecule has 1 heterocycles. The molecule has 0 aliphatic carbocycles. The van der Waals surface area contributed by atoms with Crippen LogP contribution in [0.1, 0.15) is 12.5 Å². The molecule has 0 saturated carbocycles. The molecule has 0 aromatic heterocycles. The van der Waals surface area contributed by atoms with Gasteiger partial charge in [0.2, 0.25) is 5.82 Å². The van der Waals surface area contributed by atoms with Gasteiger partial charge in [0.15, 0.2) is 0 Å². The third kappa shape index (κ3) is 1.46. The second kappa shape index (κ2) is 2.96. The summed E-state index contributed by atoms with van der Waals surface area (Å²) >= 11 is 0. The van der Waals surface area contributed by atoms with Gasteiger partial charge in [0, 0.05) is 6.07 Å². The van der Waals surface area contributed by atoms with E-state index in [9.17, 15) is 18.9 Å². The lowest BCUT2D eigenvalue weighted by molar-refractivity contribution is -0.387. The number of hydrogen-bond donors (Lipinski definition) is 0. The number of nitro groups is 1. The molecule has 1 aromatic rings. The van der Waals surface area contributed by atoms with Crippen LogP contribution in [0.25, 0.3) is 0 Å². The molecule has 1 aromatic carbocycles. The van der Waals surface area contributed by atoms with Gasteiger partial charge in [-0.2, -0.15) is 4.39 Å². The molecule has 1 aliphatic heterocycles. The summed E-state index contributed by atoms with van der Waals surface area (Å²) in [6, 6.07) is 1.68. The van der Waals surface area contributed by atoms with E-state index in [2.05, 4.69) is 0 Å². The monoisotopic (exact) mass is 215 g/mol. The minimum atomic E-state index is -1.15. The zero-order chi connectivity index (χ0) is 11.2. The smallest absolute Gasteiger partial charge is 0.305 e. The van der Waals surface area contributed by atoms with Gasteiger partial charge in [-0.15, -0.1) is 0 Å². The van der Waals surface area contributed by atoms with Crippen molar-refractivity contribution < 1.29 is 18.4 Å². The molecule has 0 amide bonds. The molecule has 1 unspecified atom stereocenters. The predicted molar refractivity (Wildman–Crippen MR) is 46.3 cm³/mol. The zero-order valence-electron chi connectivity index (χ0n) is 7.79. The summed E-state index contributed by atoms with van der Waals surface area (Å²) in [4.78, 5) is 9.55. The number of nitro benzene ring substituents is 1. The highest BCUT2D eigenvalue weighted by molar-refractivity contribution is 5.41. The van der Waals surface area contributed by atoms with Crippen LogP contribution in [0, 0.1) is 21.7 Å². The number of benzene rings is 1. The Morgan fingerprint density at radius 1 is 1.53 bits per heavy atom. The summed E-state index contributed by atoms with van der Waals surface area (Å²) in [5.41, 5.74) is -2.15. The topological polar surface area (TPSA) is 55.7 Å². The van der Waals surface area contributed by atoms with Crippen molar-refractivity contribution in [1.82, 2.24) is 0 Å². The maximum absolute atomic E-state index is 13.6. The molecule has 1 aliphatic rings. The van der Waals surface area contributed by atoms with Crippen molar-refractivity contribution in [1.29, 1.82) is 0 Å². The summed E-state index contributed by atoms with van der Waals surface area (Å²) in [6.45, 7) is 1.65. The summed E-state index contributed by atoms with van der Waals surface area (Å²) < 4.78 is 31.7. The summed E-state index contributed by atoms with van der Waals surface area (Å²) in [6.07, 6.45) is 0. The van der Waals surface area contributed by atoms with Gasteiger partial charge < -0.3 is 4.74 Å². The number of ether oxygens (including phenoxy) is 1. The largest absolute Gasteiger partial charge is 0.365 e. The minimum absolute atomic E-state index is 0.169. The lowest BCUT2D eigenvalue weighted by Gasteiger charge is -2.08. The first kappa shape index (κ1) is 9.97. The summed E-state index contributed by atoms with van der Waals surface area (Å²) in [7, 11) is 0. The van der Waals surface area contributed by atoms with Crippen LogP contribution in [0.4, 0.5) is 14.5 Å². The lowest BCUT2D eigenvalue weighted by Crippen LogP contribution is -2.10.